The van der Waals surface area contributed by atoms with E-state index in [1.54, 1.807) is 42.5 Å². The number of anilines is 2. The van der Waals surface area contributed by atoms with Crippen molar-refractivity contribution in [3.63, 3.8) is 0 Å². The zero-order chi connectivity index (χ0) is 24.5. The molecule has 1 heterocycles. The van der Waals surface area contributed by atoms with Crippen LogP contribution in [0.1, 0.15) is 28.5 Å². The number of hydrogen-bond acceptors (Lipinski definition) is 8. The fourth-order valence-corrected chi connectivity index (χ4v) is 3.00. The van der Waals surface area contributed by atoms with Gasteiger partial charge >= 0.3 is 5.97 Å². The Bertz CT molecular complexity index is 1180. The number of carboxylic acid groups (broad SMARTS) is 1. The van der Waals surface area contributed by atoms with E-state index in [4.69, 9.17) is 25.7 Å². The minimum atomic E-state index is -1.12. The van der Waals surface area contributed by atoms with E-state index in [9.17, 15) is 9.59 Å². The highest BCUT2D eigenvalue weighted by atomic mass is 16.5. The van der Waals surface area contributed by atoms with Crippen LogP contribution in [-0.2, 0) is 11.3 Å². The van der Waals surface area contributed by atoms with Gasteiger partial charge in [-0.3, -0.25) is 10.2 Å². The first-order valence-corrected chi connectivity index (χ1v) is 10.3. The van der Waals surface area contributed by atoms with Crippen LogP contribution >= 0.6 is 0 Å². The molecular weight excluding hydrogens is 440 g/mol. The minimum Gasteiger partial charge on any atom is -0.490 e. The second kappa shape index (κ2) is 11.3. The van der Waals surface area contributed by atoms with Crippen LogP contribution in [0.4, 0.5) is 11.5 Å². The third-order valence-electron chi connectivity index (χ3n) is 4.51. The van der Waals surface area contributed by atoms with Crippen LogP contribution in [0.5, 0.6) is 11.5 Å². The number of para-hydroxylation sites is 1. The zero-order valence-corrected chi connectivity index (χ0v) is 18.4. The van der Waals surface area contributed by atoms with E-state index >= 15 is 0 Å². The summed E-state index contributed by atoms with van der Waals surface area (Å²) in [6.45, 7) is 1.83. The number of hydrogen-bond donors (Lipinski definition) is 5. The molecule has 0 atom stereocenters. The van der Waals surface area contributed by atoms with Crippen molar-refractivity contribution in [2.75, 3.05) is 23.8 Å². The second-order valence-corrected chi connectivity index (χ2v) is 6.91. The Morgan fingerprint density at radius 2 is 1.82 bits per heavy atom. The number of ether oxygens (including phenoxy) is 2. The first kappa shape index (κ1) is 24.0. The maximum atomic E-state index is 12.8. The van der Waals surface area contributed by atoms with Crippen LogP contribution in [-0.4, -0.2) is 46.0 Å². The molecule has 176 valence electrons. The van der Waals surface area contributed by atoms with Crippen molar-refractivity contribution in [1.82, 2.24) is 9.97 Å². The van der Waals surface area contributed by atoms with E-state index in [2.05, 4.69) is 20.6 Å². The molecule has 2 aromatic carbocycles. The molecule has 0 bridgehead atoms. The predicted octanol–water partition coefficient (Wildman–Crippen LogP) is 2.49. The second-order valence-electron chi connectivity index (χ2n) is 6.91. The first-order chi connectivity index (χ1) is 16.4. The standard InChI is InChI=1S/C23H24N6O5/c1-2-33-17-5-3-4-15(20(17)34-13-18(30)31)12-28-22-19(26-10-11-27-22)23(32)29-16-8-6-14(7-9-16)21(24)25/h3-11H,2,12-13H2,1H3,(H3,24,25)(H,27,28)(H,29,32)(H,30,31). The summed E-state index contributed by atoms with van der Waals surface area (Å²) in [6, 6.07) is 11.7. The first-order valence-electron chi connectivity index (χ1n) is 10.3. The molecule has 0 aliphatic carbocycles. The number of benzene rings is 2. The molecule has 0 unspecified atom stereocenters. The molecule has 0 spiro atoms. The zero-order valence-electron chi connectivity index (χ0n) is 18.4. The van der Waals surface area contributed by atoms with E-state index in [0.29, 0.717) is 34.9 Å². The topological polar surface area (TPSA) is 173 Å². The average molecular weight is 464 g/mol. The lowest BCUT2D eigenvalue weighted by Gasteiger charge is -2.16. The van der Waals surface area contributed by atoms with Crippen molar-refractivity contribution in [2.24, 2.45) is 5.73 Å². The maximum Gasteiger partial charge on any atom is 0.341 e. The molecule has 34 heavy (non-hydrogen) atoms. The summed E-state index contributed by atoms with van der Waals surface area (Å²) in [7, 11) is 0. The summed E-state index contributed by atoms with van der Waals surface area (Å²) in [5.41, 5.74) is 7.17. The number of carbonyl (C=O) groups is 2. The number of rotatable bonds is 11. The van der Waals surface area contributed by atoms with Gasteiger partial charge in [0.1, 0.15) is 5.84 Å². The predicted molar refractivity (Wildman–Crippen MR) is 126 cm³/mol. The van der Waals surface area contributed by atoms with E-state index in [-0.39, 0.29) is 23.9 Å². The number of amides is 1. The lowest BCUT2D eigenvalue weighted by molar-refractivity contribution is -0.139. The van der Waals surface area contributed by atoms with Crippen LogP contribution in [0.25, 0.3) is 0 Å². The van der Waals surface area contributed by atoms with E-state index < -0.39 is 18.5 Å². The van der Waals surface area contributed by atoms with Gasteiger partial charge in [-0.25, -0.2) is 14.8 Å². The van der Waals surface area contributed by atoms with Gasteiger partial charge in [0.25, 0.3) is 5.91 Å². The van der Waals surface area contributed by atoms with E-state index in [1.165, 1.54) is 12.4 Å². The average Bonchev–Trinajstić information content (AvgIpc) is 2.82. The highest BCUT2D eigenvalue weighted by Gasteiger charge is 2.17. The van der Waals surface area contributed by atoms with Crippen LogP contribution in [0, 0.1) is 5.41 Å². The lowest BCUT2D eigenvalue weighted by Crippen LogP contribution is -2.18. The quantitative estimate of drug-likeness (QED) is 0.211. The van der Waals surface area contributed by atoms with Gasteiger partial charge in [0.05, 0.1) is 6.61 Å². The summed E-state index contributed by atoms with van der Waals surface area (Å²) in [6.07, 6.45) is 2.84. The molecule has 0 fully saturated rings. The van der Waals surface area contributed by atoms with Gasteiger partial charge in [-0.1, -0.05) is 12.1 Å². The fourth-order valence-electron chi connectivity index (χ4n) is 3.00. The molecule has 6 N–H and O–H groups in total. The molecular formula is C23H24N6O5. The molecule has 1 amide bonds. The summed E-state index contributed by atoms with van der Waals surface area (Å²) in [5.74, 6) is -0.746. The summed E-state index contributed by atoms with van der Waals surface area (Å²) in [4.78, 5) is 32.2. The largest absolute Gasteiger partial charge is 0.490 e. The Morgan fingerprint density at radius 3 is 2.50 bits per heavy atom. The fraction of sp³-hybridized carbons (Fsp3) is 0.174. The van der Waals surface area contributed by atoms with E-state index in [0.717, 1.165) is 0 Å². The molecule has 0 saturated carbocycles. The molecule has 3 aromatic rings. The summed E-state index contributed by atoms with van der Waals surface area (Å²) in [5, 5.41) is 22.2. The van der Waals surface area contributed by atoms with Gasteiger partial charge in [0, 0.05) is 35.8 Å². The number of aliphatic carboxylic acids is 1. The Morgan fingerprint density at radius 1 is 1.09 bits per heavy atom. The van der Waals surface area contributed by atoms with Crippen LogP contribution in [0.2, 0.25) is 0 Å². The van der Waals surface area contributed by atoms with Crippen LogP contribution in [0.3, 0.4) is 0 Å². The van der Waals surface area contributed by atoms with Gasteiger partial charge in [0.15, 0.2) is 29.6 Å². The SMILES string of the molecule is CCOc1cccc(CNc2nccnc2C(=O)Nc2ccc(C(=N)N)cc2)c1OCC(=O)O. The number of nitrogens with two attached hydrogens (primary N) is 1. The van der Waals surface area contributed by atoms with Gasteiger partial charge in [-0.15, -0.1) is 0 Å². The number of carbonyl (C=O) groups excluding carboxylic acids is 1. The van der Waals surface area contributed by atoms with Crippen LogP contribution < -0.4 is 25.8 Å². The Kier molecular flexibility index (Phi) is 7.95. The van der Waals surface area contributed by atoms with E-state index in [1.807, 2.05) is 6.92 Å². The molecule has 0 aliphatic heterocycles. The molecule has 0 saturated heterocycles. The van der Waals surface area contributed by atoms with Gasteiger partial charge < -0.3 is 30.9 Å². The number of amidine groups is 1. The molecule has 0 radical (unpaired) electrons. The monoisotopic (exact) mass is 464 g/mol. The molecule has 11 heteroatoms. The third kappa shape index (κ3) is 6.19. The minimum absolute atomic E-state index is 0.0621. The third-order valence-corrected chi connectivity index (χ3v) is 4.51. The van der Waals surface area contributed by atoms with Crippen molar-refractivity contribution >= 4 is 29.2 Å². The number of nitrogens with one attached hydrogen (secondary N) is 3. The summed E-state index contributed by atoms with van der Waals surface area (Å²) >= 11 is 0. The molecule has 0 aliphatic rings. The van der Waals surface area contributed by atoms with Crippen LogP contribution in [0.15, 0.2) is 54.9 Å². The highest BCUT2D eigenvalue weighted by Crippen LogP contribution is 2.32. The van der Waals surface area contributed by atoms with Gasteiger partial charge in [-0.2, -0.15) is 0 Å². The number of nitrogen functional groups attached to an aromatic ring is 1. The maximum absolute atomic E-state index is 12.8. The van der Waals surface area contributed by atoms with Crippen molar-refractivity contribution < 1.29 is 24.2 Å². The Hall–Kier alpha value is -4.67. The number of aromatic nitrogens is 2. The van der Waals surface area contributed by atoms with Gasteiger partial charge in [-0.05, 0) is 37.3 Å². The van der Waals surface area contributed by atoms with Crippen molar-refractivity contribution in [1.29, 1.82) is 5.41 Å². The highest BCUT2D eigenvalue weighted by molar-refractivity contribution is 6.06. The number of carboxylic acids is 1. The smallest absolute Gasteiger partial charge is 0.341 e. The Labute approximate surface area is 195 Å². The number of nitrogens with zero attached hydrogens (tertiary/aromatic N) is 2. The van der Waals surface area contributed by atoms with Crippen molar-refractivity contribution in [2.45, 2.75) is 13.5 Å². The molecule has 1 aromatic heterocycles. The summed E-state index contributed by atoms with van der Waals surface area (Å²) < 4.78 is 11.0. The van der Waals surface area contributed by atoms with Crippen molar-refractivity contribution in [3.8, 4) is 11.5 Å². The lowest BCUT2D eigenvalue weighted by atomic mass is 10.1. The molecule has 11 nitrogen and oxygen atoms in total. The van der Waals surface area contributed by atoms with Crippen molar-refractivity contribution in [3.05, 3.63) is 71.7 Å². The van der Waals surface area contributed by atoms with Gasteiger partial charge in [0.2, 0.25) is 0 Å². The Balaban J connectivity index is 1.77. The normalized spacial score (nSPS) is 10.3. The molecule has 3 rings (SSSR count).